The van der Waals surface area contributed by atoms with Gasteiger partial charge in [-0.05, 0) is 40.7 Å². The molecule has 0 aromatic carbocycles. The van der Waals surface area contributed by atoms with Gasteiger partial charge >= 0.3 is 12.1 Å². The molecule has 1 N–H and O–H groups in total. The lowest BCUT2D eigenvalue weighted by atomic mass is 9.89. The maximum Gasteiger partial charge on any atom is 0.407 e. The monoisotopic (exact) mass is 352 g/mol. The molecule has 0 aliphatic heterocycles. The molecule has 25 heavy (non-hydrogen) atoms. The van der Waals surface area contributed by atoms with E-state index >= 15 is 0 Å². The topological polar surface area (TPSA) is 69.6 Å². The minimum Gasteiger partial charge on any atom is -0.462 e. The molecule has 0 unspecified atom stereocenters. The molecular weight excluding hydrogens is 320 g/mol. The molecule has 0 radical (unpaired) electrons. The SMILES string of the molecule is CCOC(=O)c1cc(C)n(CCNC(=O)OC(C)(C)C)c1C(C)(C)C. The molecule has 1 aromatic rings. The van der Waals surface area contributed by atoms with Crippen LogP contribution in [0.3, 0.4) is 0 Å². The number of aryl methyl sites for hydroxylation is 1. The summed E-state index contributed by atoms with van der Waals surface area (Å²) in [7, 11) is 0. The highest BCUT2D eigenvalue weighted by molar-refractivity contribution is 5.91. The summed E-state index contributed by atoms with van der Waals surface area (Å²) in [6.07, 6.45) is -0.444. The summed E-state index contributed by atoms with van der Waals surface area (Å²) >= 11 is 0. The van der Waals surface area contributed by atoms with Crippen LogP contribution in [-0.4, -0.2) is 35.4 Å². The third-order valence-electron chi connectivity index (χ3n) is 3.51. The number of nitrogens with zero attached hydrogens (tertiary/aromatic N) is 1. The van der Waals surface area contributed by atoms with Crippen LogP contribution in [0.2, 0.25) is 0 Å². The molecule has 6 nitrogen and oxygen atoms in total. The van der Waals surface area contributed by atoms with E-state index in [9.17, 15) is 9.59 Å². The second-order valence-electron chi connectivity index (χ2n) is 8.10. The number of ether oxygens (including phenoxy) is 2. The summed E-state index contributed by atoms with van der Waals surface area (Å²) in [6.45, 7) is 16.7. The number of hydrogen-bond acceptors (Lipinski definition) is 4. The Morgan fingerprint density at radius 2 is 1.76 bits per heavy atom. The normalized spacial score (nSPS) is 12.0. The van der Waals surface area contributed by atoms with Crippen molar-refractivity contribution in [1.82, 2.24) is 9.88 Å². The molecule has 0 fully saturated rings. The lowest BCUT2D eigenvalue weighted by Gasteiger charge is -2.25. The van der Waals surface area contributed by atoms with Crippen molar-refractivity contribution in [2.24, 2.45) is 0 Å². The Kier molecular flexibility index (Phi) is 6.68. The second kappa shape index (κ2) is 7.93. The van der Waals surface area contributed by atoms with Gasteiger partial charge < -0.3 is 19.4 Å². The number of aromatic nitrogens is 1. The molecule has 0 spiro atoms. The maximum atomic E-state index is 12.3. The van der Waals surface area contributed by atoms with Gasteiger partial charge in [0.05, 0.1) is 12.2 Å². The van der Waals surface area contributed by atoms with E-state index in [1.54, 1.807) is 6.92 Å². The van der Waals surface area contributed by atoms with E-state index in [2.05, 4.69) is 30.7 Å². The van der Waals surface area contributed by atoms with E-state index in [1.165, 1.54) is 0 Å². The first-order valence-corrected chi connectivity index (χ1v) is 8.71. The maximum absolute atomic E-state index is 12.3. The summed E-state index contributed by atoms with van der Waals surface area (Å²) < 4.78 is 12.5. The zero-order valence-electron chi connectivity index (χ0n) is 16.8. The lowest BCUT2D eigenvalue weighted by Crippen LogP contribution is -2.35. The molecule has 1 aromatic heterocycles. The van der Waals surface area contributed by atoms with Crippen molar-refractivity contribution < 1.29 is 19.1 Å². The van der Waals surface area contributed by atoms with E-state index < -0.39 is 11.7 Å². The first-order chi connectivity index (χ1) is 11.4. The van der Waals surface area contributed by atoms with Gasteiger partial charge in [0.25, 0.3) is 0 Å². The van der Waals surface area contributed by atoms with Crippen molar-refractivity contribution in [3.8, 4) is 0 Å². The Hall–Kier alpha value is -1.98. The molecule has 0 atom stereocenters. The number of alkyl carbamates (subject to hydrolysis) is 1. The van der Waals surface area contributed by atoms with Crippen molar-refractivity contribution in [2.75, 3.05) is 13.2 Å². The lowest BCUT2D eigenvalue weighted by molar-refractivity contribution is 0.0511. The summed E-state index contributed by atoms with van der Waals surface area (Å²) in [5.74, 6) is -0.311. The van der Waals surface area contributed by atoms with E-state index in [1.807, 2.05) is 33.8 Å². The van der Waals surface area contributed by atoms with Crippen LogP contribution in [0.4, 0.5) is 4.79 Å². The third-order valence-corrected chi connectivity index (χ3v) is 3.51. The van der Waals surface area contributed by atoms with Crippen LogP contribution in [0.25, 0.3) is 0 Å². The number of carbonyl (C=O) groups excluding carboxylic acids is 2. The van der Waals surface area contributed by atoms with Crippen LogP contribution >= 0.6 is 0 Å². The number of nitrogens with one attached hydrogen (secondary N) is 1. The van der Waals surface area contributed by atoms with Gasteiger partial charge in [0.15, 0.2) is 0 Å². The molecule has 0 saturated carbocycles. The van der Waals surface area contributed by atoms with Crippen molar-refractivity contribution in [2.45, 2.75) is 73.0 Å². The van der Waals surface area contributed by atoms with E-state index in [4.69, 9.17) is 9.47 Å². The van der Waals surface area contributed by atoms with Crippen molar-refractivity contribution in [3.63, 3.8) is 0 Å². The van der Waals surface area contributed by atoms with E-state index in [-0.39, 0.29) is 11.4 Å². The number of rotatable bonds is 5. The van der Waals surface area contributed by atoms with Gasteiger partial charge in [-0.1, -0.05) is 20.8 Å². The number of carbonyl (C=O) groups is 2. The van der Waals surface area contributed by atoms with Gasteiger partial charge in [-0.25, -0.2) is 9.59 Å². The number of amides is 1. The van der Waals surface area contributed by atoms with Gasteiger partial charge in [0.1, 0.15) is 5.60 Å². The van der Waals surface area contributed by atoms with Gasteiger partial charge in [0, 0.05) is 29.9 Å². The van der Waals surface area contributed by atoms with Crippen molar-refractivity contribution in [1.29, 1.82) is 0 Å². The zero-order valence-corrected chi connectivity index (χ0v) is 16.8. The Morgan fingerprint density at radius 3 is 2.24 bits per heavy atom. The van der Waals surface area contributed by atoms with Crippen LogP contribution in [-0.2, 0) is 21.4 Å². The average Bonchev–Trinajstić information content (AvgIpc) is 2.74. The zero-order chi connectivity index (χ0) is 19.4. The van der Waals surface area contributed by atoms with Crippen LogP contribution in [0, 0.1) is 6.92 Å². The Morgan fingerprint density at radius 1 is 1.16 bits per heavy atom. The standard InChI is InChI=1S/C19H32N2O4/c1-9-24-16(22)14-12-13(2)21(15(14)18(3,4)5)11-10-20-17(23)25-19(6,7)8/h12H,9-11H2,1-8H3,(H,20,23). The molecule has 1 rings (SSSR count). The third kappa shape index (κ3) is 6.11. The highest BCUT2D eigenvalue weighted by Crippen LogP contribution is 2.29. The highest BCUT2D eigenvalue weighted by Gasteiger charge is 2.28. The molecule has 0 bridgehead atoms. The molecule has 1 amide bonds. The summed E-state index contributed by atoms with van der Waals surface area (Å²) in [4.78, 5) is 24.1. The van der Waals surface area contributed by atoms with Crippen LogP contribution < -0.4 is 5.32 Å². The van der Waals surface area contributed by atoms with Crippen LogP contribution in [0.5, 0.6) is 0 Å². The van der Waals surface area contributed by atoms with Crippen LogP contribution in [0.1, 0.15) is 70.2 Å². The van der Waals surface area contributed by atoms with Gasteiger partial charge in [-0.2, -0.15) is 0 Å². The summed E-state index contributed by atoms with van der Waals surface area (Å²) in [5, 5.41) is 2.76. The van der Waals surface area contributed by atoms with Gasteiger partial charge in [0.2, 0.25) is 0 Å². The van der Waals surface area contributed by atoms with E-state index in [0.29, 0.717) is 25.3 Å². The molecule has 142 valence electrons. The van der Waals surface area contributed by atoms with Crippen LogP contribution in [0.15, 0.2) is 6.07 Å². The largest absolute Gasteiger partial charge is 0.462 e. The van der Waals surface area contributed by atoms with Crippen molar-refractivity contribution in [3.05, 3.63) is 23.0 Å². The molecular formula is C19H32N2O4. The average molecular weight is 352 g/mol. The molecule has 0 aliphatic rings. The minimum absolute atomic E-state index is 0.234. The van der Waals surface area contributed by atoms with Gasteiger partial charge in [-0.3, -0.25) is 0 Å². The fraction of sp³-hybridized carbons (Fsp3) is 0.684. The molecule has 1 heterocycles. The minimum atomic E-state index is -0.527. The predicted octanol–water partition coefficient (Wildman–Crippen LogP) is 3.80. The second-order valence-corrected chi connectivity index (χ2v) is 8.10. The van der Waals surface area contributed by atoms with Crippen molar-refractivity contribution >= 4 is 12.1 Å². The summed E-state index contributed by atoms with van der Waals surface area (Å²) in [6, 6.07) is 1.85. The Bertz CT molecular complexity index is 619. The highest BCUT2D eigenvalue weighted by atomic mass is 16.6. The fourth-order valence-electron chi connectivity index (χ4n) is 2.72. The molecule has 6 heteroatoms. The fourth-order valence-corrected chi connectivity index (χ4v) is 2.72. The number of hydrogen-bond donors (Lipinski definition) is 1. The quantitative estimate of drug-likeness (QED) is 0.819. The molecule has 0 saturated heterocycles. The van der Waals surface area contributed by atoms with Gasteiger partial charge in [-0.15, -0.1) is 0 Å². The number of esters is 1. The smallest absolute Gasteiger partial charge is 0.407 e. The Balaban J connectivity index is 2.96. The molecule has 0 aliphatic carbocycles. The first kappa shape index (κ1) is 21.1. The summed E-state index contributed by atoms with van der Waals surface area (Å²) in [5.41, 5.74) is 1.70. The Labute approximate surface area is 150 Å². The van der Waals surface area contributed by atoms with E-state index in [0.717, 1.165) is 11.4 Å². The predicted molar refractivity (Wildman–Crippen MR) is 98.1 cm³/mol. The first-order valence-electron chi connectivity index (χ1n) is 8.71.